The van der Waals surface area contributed by atoms with E-state index in [0.717, 1.165) is 12.8 Å². The fourth-order valence-corrected chi connectivity index (χ4v) is 1.15. The molecule has 0 amide bonds. The second-order valence-corrected chi connectivity index (χ2v) is 2.48. The Morgan fingerprint density at radius 3 is 2.09 bits per heavy atom. The van der Waals surface area contributed by atoms with Crippen molar-refractivity contribution in [3.05, 3.63) is 12.7 Å². The van der Waals surface area contributed by atoms with E-state index in [2.05, 4.69) is 13.5 Å². The van der Waals surface area contributed by atoms with Crippen LogP contribution >= 0.6 is 0 Å². The average molecular weight is 158 g/mol. The molecular formula is C9H18O2. The van der Waals surface area contributed by atoms with Gasteiger partial charge in [-0.2, -0.15) is 0 Å². The largest absolute Gasteiger partial charge is 0.379 e. The highest BCUT2D eigenvalue weighted by Gasteiger charge is 2.16. The number of methoxy groups -OCH3 is 2. The third kappa shape index (κ3) is 3.54. The smallest absolute Gasteiger partial charge is 0.0866 e. The molecule has 11 heavy (non-hydrogen) atoms. The van der Waals surface area contributed by atoms with E-state index in [1.165, 1.54) is 0 Å². The normalized spacial score (nSPS) is 15.9. The van der Waals surface area contributed by atoms with Gasteiger partial charge in [0.15, 0.2) is 0 Å². The summed E-state index contributed by atoms with van der Waals surface area (Å²) in [6, 6.07) is 0. The van der Waals surface area contributed by atoms with Crippen LogP contribution in [0.15, 0.2) is 12.7 Å². The second-order valence-electron chi connectivity index (χ2n) is 2.48. The van der Waals surface area contributed by atoms with Crippen molar-refractivity contribution in [1.82, 2.24) is 0 Å². The van der Waals surface area contributed by atoms with Crippen molar-refractivity contribution in [2.45, 2.75) is 32.0 Å². The predicted molar refractivity (Wildman–Crippen MR) is 46.7 cm³/mol. The van der Waals surface area contributed by atoms with Crippen LogP contribution in [0.3, 0.4) is 0 Å². The molecule has 0 N–H and O–H groups in total. The Balaban J connectivity index is 3.85. The Hall–Kier alpha value is -0.340. The molecule has 2 atom stereocenters. The first-order valence-corrected chi connectivity index (χ1v) is 3.96. The fraction of sp³-hybridized carbons (Fsp3) is 0.778. The Labute approximate surface area is 69.2 Å². The van der Waals surface area contributed by atoms with Crippen molar-refractivity contribution < 1.29 is 9.47 Å². The lowest BCUT2D eigenvalue weighted by Crippen LogP contribution is -2.28. The quantitative estimate of drug-likeness (QED) is 0.550. The maximum Gasteiger partial charge on any atom is 0.0866 e. The first-order chi connectivity index (χ1) is 5.29. The molecule has 0 aromatic heterocycles. The molecule has 0 saturated carbocycles. The van der Waals surface area contributed by atoms with Gasteiger partial charge in [-0.25, -0.2) is 0 Å². The van der Waals surface area contributed by atoms with Gasteiger partial charge in [0, 0.05) is 14.2 Å². The molecule has 0 aliphatic carbocycles. The van der Waals surface area contributed by atoms with Gasteiger partial charge in [-0.1, -0.05) is 13.0 Å². The van der Waals surface area contributed by atoms with Crippen molar-refractivity contribution in [2.75, 3.05) is 14.2 Å². The topological polar surface area (TPSA) is 18.5 Å². The summed E-state index contributed by atoms with van der Waals surface area (Å²) in [5, 5.41) is 0. The lowest BCUT2D eigenvalue weighted by atomic mass is 10.1. The standard InChI is InChI=1S/C9H18O2/c1-5-7-9(11-4)8(6-2)10-3/h5,8-9H,1,6-7H2,2-4H3/t8-,9-/m0/s1. The monoisotopic (exact) mass is 158 g/mol. The van der Waals surface area contributed by atoms with Crippen LogP contribution in [0.4, 0.5) is 0 Å². The number of hydrogen-bond acceptors (Lipinski definition) is 2. The van der Waals surface area contributed by atoms with Crippen LogP contribution in [0, 0.1) is 0 Å². The molecule has 0 rings (SSSR count). The summed E-state index contributed by atoms with van der Waals surface area (Å²) < 4.78 is 10.5. The minimum Gasteiger partial charge on any atom is -0.379 e. The maximum absolute atomic E-state index is 5.24. The molecular weight excluding hydrogens is 140 g/mol. The summed E-state index contributed by atoms with van der Waals surface area (Å²) in [6.45, 7) is 5.75. The summed E-state index contributed by atoms with van der Waals surface area (Å²) in [5.41, 5.74) is 0. The van der Waals surface area contributed by atoms with Gasteiger partial charge in [-0.3, -0.25) is 0 Å². The predicted octanol–water partition coefficient (Wildman–Crippen LogP) is 2.00. The fourth-order valence-electron chi connectivity index (χ4n) is 1.15. The minimum absolute atomic E-state index is 0.155. The van der Waals surface area contributed by atoms with Gasteiger partial charge in [0.05, 0.1) is 12.2 Å². The van der Waals surface area contributed by atoms with Crippen molar-refractivity contribution in [3.8, 4) is 0 Å². The molecule has 0 aromatic carbocycles. The van der Waals surface area contributed by atoms with Crippen molar-refractivity contribution >= 4 is 0 Å². The van der Waals surface area contributed by atoms with Gasteiger partial charge >= 0.3 is 0 Å². The van der Waals surface area contributed by atoms with E-state index < -0.39 is 0 Å². The van der Waals surface area contributed by atoms with Crippen LogP contribution in [0.5, 0.6) is 0 Å². The van der Waals surface area contributed by atoms with Crippen LogP contribution in [0.25, 0.3) is 0 Å². The van der Waals surface area contributed by atoms with Gasteiger partial charge in [0.2, 0.25) is 0 Å². The molecule has 2 heteroatoms. The molecule has 0 aliphatic rings. The first kappa shape index (κ1) is 10.7. The summed E-state index contributed by atoms with van der Waals surface area (Å²) in [5.74, 6) is 0. The third-order valence-electron chi connectivity index (χ3n) is 1.82. The Kier molecular flexibility index (Phi) is 6.18. The molecule has 0 fully saturated rings. The summed E-state index contributed by atoms with van der Waals surface area (Å²) >= 11 is 0. The van der Waals surface area contributed by atoms with E-state index in [1.54, 1.807) is 14.2 Å². The molecule has 0 unspecified atom stereocenters. The number of rotatable bonds is 6. The van der Waals surface area contributed by atoms with Crippen LogP contribution in [0.2, 0.25) is 0 Å². The summed E-state index contributed by atoms with van der Waals surface area (Å²) in [7, 11) is 3.42. The lowest BCUT2D eigenvalue weighted by Gasteiger charge is -2.22. The Morgan fingerprint density at radius 1 is 1.27 bits per heavy atom. The highest BCUT2D eigenvalue weighted by Crippen LogP contribution is 2.10. The first-order valence-electron chi connectivity index (χ1n) is 3.96. The van der Waals surface area contributed by atoms with Gasteiger partial charge in [-0.15, -0.1) is 6.58 Å². The van der Waals surface area contributed by atoms with Crippen LogP contribution in [0.1, 0.15) is 19.8 Å². The average Bonchev–Trinajstić information content (AvgIpc) is 2.05. The number of hydrogen-bond donors (Lipinski definition) is 0. The lowest BCUT2D eigenvalue weighted by molar-refractivity contribution is -0.0353. The third-order valence-corrected chi connectivity index (χ3v) is 1.82. The molecule has 0 radical (unpaired) electrons. The zero-order chi connectivity index (χ0) is 8.69. The zero-order valence-corrected chi connectivity index (χ0v) is 7.67. The van der Waals surface area contributed by atoms with Crippen LogP contribution in [-0.2, 0) is 9.47 Å². The van der Waals surface area contributed by atoms with Gasteiger partial charge in [-0.05, 0) is 12.8 Å². The van der Waals surface area contributed by atoms with E-state index >= 15 is 0 Å². The van der Waals surface area contributed by atoms with E-state index in [4.69, 9.17) is 9.47 Å². The molecule has 0 spiro atoms. The van der Waals surface area contributed by atoms with Crippen molar-refractivity contribution in [3.63, 3.8) is 0 Å². The van der Waals surface area contributed by atoms with Crippen LogP contribution < -0.4 is 0 Å². The second kappa shape index (κ2) is 6.38. The van der Waals surface area contributed by atoms with Gasteiger partial charge in [0.25, 0.3) is 0 Å². The summed E-state index contributed by atoms with van der Waals surface area (Å²) in [6.07, 6.45) is 4.03. The number of ether oxygens (including phenoxy) is 2. The molecule has 0 aliphatic heterocycles. The maximum atomic E-state index is 5.24. The van der Waals surface area contributed by atoms with E-state index in [0.29, 0.717) is 0 Å². The Morgan fingerprint density at radius 2 is 1.82 bits per heavy atom. The van der Waals surface area contributed by atoms with Crippen molar-refractivity contribution in [2.24, 2.45) is 0 Å². The minimum atomic E-state index is 0.155. The Bertz CT molecular complexity index is 97.7. The van der Waals surface area contributed by atoms with E-state index in [-0.39, 0.29) is 12.2 Å². The molecule has 66 valence electrons. The molecule has 0 bridgehead atoms. The highest BCUT2D eigenvalue weighted by atomic mass is 16.5. The van der Waals surface area contributed by atoms with E-state index in [9.17, 15) is 0 Å². The van der Waals surface area contributed by atoms with E-state index in [1.807, 2.05) is 6.08 Å². The zero-order valence-electron chi connectivity index (χ0n) is 7.67. The van der Waals surface area contributed by atoms with Gasteiger partial charge < -0.3 is 9.47 Å². The summed E-state index contributed by atoms with van der Waals surface area (Å²) in [4.78, 5) is 0. The van der Waals surface area contributed by atoms with Gasteiger partial charge in [0.1, 0.15) is 0 Å². The van der Waals surface area contributed by atoms with Crippen molar-refractivity contribution in [1.29, 1.82) is 0 Å². The molecule has 0 saturated heterocycles. The molecule has 0 heterocycles. The molecule has 2 nitrogen and oxygen atoms in total. The van der Waals surface area contributed by atoms with Crippen LogP contribution in [-0.4, -0.2) is 26.4 Å². The molecule has 0 aromatic rings. The highest BCUT2D eigenvalue weighted by molar-refractivity contribution is 4.78. The SMILES string of the molecule is C=CC[C@H](OC)[C@H](CC)OC.